The summed E-state index contributed by atoms with van der Waals surface area (Å²) in [5.74, 6) is 0. The van der Waals surface area contributed by atoms with Gasteiger partial charge in [0.2, 0.25) is 0 Å². The quantitative estimate of drug-likeness (QED) is 0.198. The molecule has 2 unspecified atom stereocenters. The Kier molecular flexibility index (Phi) is 9.75. The molecule has 2 aliphatic rings. The van der Waals surface area contributed by atoms with E-state index in [0.717, 1.165) is 0 Å². The first-order chi connectivity index (χ1) is 19.4. The molecule has 0 heterocycles. The monoisotopic (exact) mass is 600 g/mol. The highest BCUT2D eigenvalue weighted by atomic mass is 28.3. The zero-order chi connectivity index (χ0) is 31.1. The standard InChI is InChI=1S/C38H60N2Si2/c1-27-29(31-23-17-19-25-33(31)35(27)41(9,10)39-37(3,4)5)21-15-13-14-16-22-30-28(2)36(34-26-20-18-24-32(30)34)42(11,12)40-38(6,7)8/h17-20,23-26,35-36,39-40H,13-16,21-22H2,1-12H3. The topological polar surface area (TPSA) is 24.1 Å². The third-order valence-electron chi connectivity index (χ3n) is 9.45. The summed E-state index contributed by atoms with van der Waals surface area (Å²) in [5, 5.41) is 0. The van der Waals surface area contributed by atoms with Crippen LogP contribution in [0.15, 0.2) is 59.7 Å². The lowest BCUT2D eigenvalue weighted by Crippen LogP contribution is -2.58. The first-order valence-electron chi connectivity index (χ1n) is 16.6. The molecule has 0 saturated heterocycles. The second kappa shape index (κ2) is 12.3. The average molecular weight is 601 g/mol. The largest absolute Gasteiger partial charge is 0.332 e. The van der Waals surface area contributed by atoms with E-state index in [1.54, 1.807) is 33.4 Å². The fraction of sp³-hybridized carbons (Fsp3) is 0.579. The molecule has 2 aromatic carbocycles. The first kappa shape index (κ1) is 33.2. The van der Waals surface area contributed by atoms with Gasteiger partial charge in [0.25, 0.3) is 0 Å². The smallest absolute Gasteiger partial charge is 0.131 e. The molecule has 0 amide bonds. The summed E-state index contributed by atoms with van der Waals surface area (Å²) >= 11 is 0. The van der Waals surface area contributed by atoms with Crippen LogP contribution in [-0.4, -0.2) is 27.5 Å². The average Bonchev–Trinajstić information content (AvgIpc) is 3.29. The second-order valence-corrected chi connectivity index (χ2v) is 25.0. The lowest BCUT2D eigenvalue weighted by molar-refractivity contribution is 0.507. The molecule has 2 aliphatic carbocycles. The predicted octanol–water partition coefficient (Wildman–Crippen LogP) is 10.7. The van der Waals surface area contributed by atoms with E-state index in [0.29, 0.717) is 11.1 Å². The SMILES string of the molecule is CC1=C(CCCCCCC2=C(C)C([Si](C)(C)NC(C)(C)C)c3ccccc32)c2ccccc2C1[Si](C)(C)NC(C)(C)C. The Hall–Kier alpha value is -1.73. The predicted molar refractivity (Wildman–Crippen MR) is 192 cm³/mol. The maximum absolute atomic E-state index is 4.07. The summed E-state index contributed by atoms with van der Waals surface area (Å²) in [5.41, 5.74) is 14.2. The van der Waals surface area contributed by atoms with Crippen LogP contribution in [0.25, 0.3) is 11.1 Å². The highest BCUT2D eigenvalue weighted by Crippen LogP contribution is 2.49. The fourth-order valence-electron chi connectivity index (χ4n) is 8.85. The Morgan fingerprint density at radius 2 is 0.881 bits per heavy atom. The molecule has 4 heteroatoms. The molecular formula is C38H60N2Si2. The van der Waals surface area contributed by atoms with E-state index in [1.165, 1.54) is 49.7 Å². The normalized spacial score (nSPS) is 19.5. The van der Waals surface area contributed by atoms with Gasteiger partial charge in [-0.1, -0.05) is 98.7 Å². The van der Waals surface area contributed by atoms with Gasteiger partial charge in [-0.05, 0) is 114 Å². The second-order valence-electron chi connectivity index (χ2n) is 16.5. The summed E-state index contributed by atoms with van der Waals surface area (Å²) in [6, 6.07) is 18.5. The number of fused-ring (bicyclic) bond motifs is 2. The van der Waals surface area contributed by atoms with Crippen molar-refractivity contribution in [1.29, 1.82) is 0 Å². The van der Waals surface area contributed by atoms with Crippen molar-refractivity contribution in [3.63, 3.8) is 0 Å². The molecule has 0 spiro atoms. The van der Waals surface area contributed by atoms with Crippen molar-refractivity contribution >= 4 is 27.6 Å². The van der Waals surface area contributed by atoms with Crippen molar-refractivity contribution in [3.8, 4) is 0 Å². The van der Waals surface area contributed by atoms with E-state index in [1.807, 2.05) is 0 Å². The Morgan fingerprint density at radius 1 is 0.548 bits per heavy atom. The number of hydrogen-bond donors (Lipinski definition) is 2. The molecule has 0 bridgehead atoms. The van der Waals surface area contributed by atoms with Crippen LogP contribution in [0.5, 0.6) is 0 Å². The zero-order valence-corrected chi connectivity index (χ0v) is 31.0. The van der Waals surface area contributed by atoms with E-state index in [-0.39, 0.29) is 11.1 Å². The summed E-state index contributed by atoms with van der Waals surface area (Å²) in [6.45, 7) is 28.9. The van der Waals surface area contributed by atoms with E-state index in [9.17, 15) is 0 Å². The van der Waals surface area contributed by atoms with Gasteiger partial charge in [0.1, 0.15) is 16.5 Å². The van der Waals surface area contributed by atoms with Crippen molar-refractivity contribution in [2.24, 2.45) is 0 Å². The molecule has 0 aromatic heterocycles. The van der Waals surface area contributed by atoms with Gasteiger partial charge in [-0.15, -0.1) is 0 Å². The van der Waals surface area contributed by atoms with Crippen LogP contribution in [0.3, 0.4) is 0 Å². The lowest BCUT2D eigenvalue weighted by Gasteiger charge is -2.39. The van der Waals surface area contributed by atoms with Crippen LogP contribution in [0.2, 0.25) is 26.2 Å². The number of rotatable bonds is 11. The van der Waals surface area contributed by atoms with Crippen molar-refractivity contribution < 1.29 is 0 Å². The van der Waals surface area contributed by atoms with Crippen molar-refractivity contribution in [2.45, 2.75) is 142 Å². The van der Waals surface area contributed by atoms with Crippen molar-refractivity contribution in [2.75, 3.05) is 0 Å². The summed E-state index contributed by atoms with van der Waals surface area (Å²) in [7, 11) is -3.44. The molecule has 230 valence electrons. The fourth-order valence-corrected chi connectivity index (χ4v) is 17.6. The molecule has 2 N–H and O–H groups in total. The summed E-state index contributed by atoms with van der Waals surface area (Å²) < 4.78 is 0. The molecule has 2 aromatic rings. The van der Waals surface area contributed by atoms with Gasteiger partial charge in [0.15, 0.2) is 0 Å². The Morgan fingerprint density at radius 3 is 1.21 bits per heavy atom. The molecule has 0 saturated carbocycles. The van der Waals surface area contributed by atoms with E-state index >= 15 is 0 Å². The van der Waals surface area contributed by atoms with Crippen LogP contribution in [0.4, 0.5) is 0 Å². The van der Waals surface area contributed by atoms with Gasteiger partial charge in [-0.2, -0.15) is 0 Å². The maximum Gasteiger partial charge on any atom is 0.131 e. The Balaban J connectivity index is 1.40. The van der Waals surface area contributed by atoms with Crippen LogP contribution >= 0.6 is 0 Å². The Bertz CT molecular complexity index is 1230. The molecule has 0 fully saturated rings. The van der Waals surface area contributed by atoms with Gasteiger partial charge >= 0.3 is 0 Å². The van der Waals surface area contributed by atoms with Crippen LogP contribution in [-0.2, 0) is 0 Å². The number of unbranched alkanes of at least 4 members (excludes halogenated alkanes) is 3. The van der Waals surface area contributed by atoms with E-state index < -0.39 is 16.5 Å². The van der Waals surface area contributed by atoms with E-state index in [2.05, 4.69) is 140 Å². The minimum absolute atomic E-state index is 0.141. The lowest BCUT2D eigenvalue weighted by atomic mass is 9.97. The minimum Gasteiger partial charge on any atom is -0.332 e. The molecule has 0 aliphatic heterocycles. The molecular weight excluding hydrogens is 541 g/mol. The van der Waals surface area contributed by atoms with Crippen LogP contribution in [0, 0.1) is 0 Å². The minimum atomic E-state index is -1.72. The van der Waals surface area contributed by atoms with Crippen molar-refractivity contribution in [1.82, 2.24) is 9.96 Å². The molecule has 4 rings (SSSR count). The third kappa shape index (κ3) is 7.31. The third-order valence-corrected chi connectivity index (χ3v) is 16.6. The molecule has 0 radical (unpaired) electrons. The summed E-state index contributed by atoms with van der Waals surface area (Å²) in [4.78, 5) is 8.15. The van der Waals surface area contributed by atoms with Crippen LogP contribution in [0.1, 0.15) is 127 Å². The number of nitrogens with one attached hydrogen (secondary N) is 2. The maximum atomic E-state index is 4.07. The molecule has 2 nitrogen and oxygen atoms in total. The van der Waals surface area contributed by atoms with Gasteiger partial charge in [0.05, 0.1) is 0 Å². The number of hydrogen-bond acceptors (Lipinski definition) is 2. The van der Waals surface area contributed by atoms with E-state index in [4.69, 9.17) is 0 Å². The highest BCUT2D eigenvalue weighted by molar-refractivity contribution is 6.78. The van der Waals surface area contributed by atoms with Gasteiger partial charge in [-0.25, -0.2) is 0 Å². The van der Waals surface area contributed by atoms with Gasteiger partial charge in [-0.3, -0.25) is 0 Å². The number of benzene rings is 2. The highest BCUT2D eigenvalue weighted by Gasteiger charge is 2.43. The van der Waals surface area contributed by atoms with Crippen LogP contribution < -0.4 is 9.96 Å². The van der Waals surface area contributed by atoms with Gasteiger partial charge < -0.3 is 9.96 Å². The molecule has 42 heavy (non-hydrogen) atoms. The van der Waals surface area contributed by atoms with Crippen molar-refractivity contribution in [3.05, 3.63) is 81.9 Å². The van der Waals surface area contributed by atoms with Gasteiger partial charge in [0, 0.05) is 22.2 Å². The Labute approximate surface area is 261 Å². The number of allylic oxidation sites excluding steroid dienone is 4. The summed E-state index contributed by atoms with van der Waals surface area (Å²) in [6.07, 6.45) is 7.63. The zero-order valence-electron chi connectivity index (χ0n) is 29.0. The molecule has 2 atom stereocenters. The first-order valence-corrected chi connectivity index (χ1v) is 22.7.